The minimum absolute atomic E-state index is 0.442. The second-order valence-electron chi connectivity index (χ2n) is 4.62. The summed E-state index contributed by atoms with van der Waals surface area (Å²) in [5.74, 6) is 1.22. The van der Waals surface area contributed by atoms with E-state index in [1.807, 2.05) is 30.3 Å². The average Bonchev–Trinajstić information content (AvgIpc) is 2.52. The van der Waals surface area contributed by atoms with Gasteiger partial charge in [-0.25, -0.2) is 0 Å². The molecular weight excluding hydrogens is 248 g/mol. The van der Waals surface area contributed by atoms with Crippen molar-refractivity contribution in [2.45, 2.75) is 12.8 Å². The molecule has 0 bridgehead atoms. The molecule has 0 atom stereocenters. The van der Waals surface area contributed by atoms with Crippen LogP contribution in [0.1, 0.15) is 17.5 Å². The molecule has 0 aliphatic heterocycles. The first-order valence-corrected chi connectivity index (χ1v) is 6.80. The van der Waals surface area contributed by atoms with Gasteiger partial charge >= 0.3 is 0 Å². The zero-order valence-corrected chi connectivity index (χ0v) is 11.7. The van der Waals surface area contributed by atoms with E-state index >= 15 is 0 Å². The van der Waals surface area contributed by atoms with Gasteiger partial charge in [-0.05, 0) is 30.5 Å². The maximum Gasteiger partial charge on any atom is 0.125 e. The van der Waals surface area contributed by atoms with E-state index in [2.05, 4.69) is 29.6 Å². The van der Waals surface area contributed by atoms with Crippen molar-refractivity contribution in [1.82, 2.24) is 5.32 Å². The molecule has 0 saturated heterocycles. The van der Waals surface area contributed by atoms with Crippen LogP contribution in [0, 0.1) is 5.41 Å². The minimum atomic E-state index is 0.442. The van der Waals surface area contributed by atoms with Crippen LogP contribution in [0.3, 0.4) is 0 Å². The number of benzene rings is 2. The van der Waals surface area contributed by atoms with Crippen LogP contribution in [0.15, 0.2) is 54.6 Å². The van der Waals surface area contributed by atoms with Crippen LogP contribution >= 0.6 is 0 Å². The molecule has 20 heavy (non-hydrogen) atoms. The van der Waals surface area contributed by atoms with Crippen molar-refractivity contribution in [3.05, 3.63) is 65.7 Å². The highest BCUT2D eigenvalue weighted by Crippen LogP contribution is 2.12. The van der Waals surface area contributed by atoms with Gasteiger partial charge in [0, 0.05) is 12.1 Å². The molecule has 0 unspecified atom stereocenters. The Kier molecular flexibility index (Phi) is 5.18. The monoisotopic (exact) mass is 268 g/mol. The van der Waals surface area contributed by atoms with Crippen molar-refractivity contribution in [3.8, 4) is 5.75 Å². The number of rotatable bonds is 6. The summed E-state index contributed by atoms with van der Waals surface area (Å²) >= 11 is 0. The molecule has 2 N–H and O–H groups in total. The molecule has 0 aliphatic carbocycles. The molecule has 0 saturated carbocycles. The van der Waals surface area contributed by atoms with Crippen LogP contribution in [-0.4, -0.2) is 19.5 Å². The minimum Gasteiger partial charge on any atom is -0.497 e. The Balaban J connectivity index is 1.77. The Hall–Kier alpha value is -2.29. The fraction of sp³-hybridized carbons (Fsp3) is 0.235. The average molecular weight is 268 g/mol. The molecule has 104 valence electrons. The highest BCUT2D eigenvalue weighted by atomic mass is 16.5. The number of methoxy groups -OCH3 is 1. The van der Waals surface area contributed by atoms with Gasteiger partial charge < -0.3 is 10.1 Å². The molecule has 0 heterocycles. The molecule has 0 amide bonds. The van der Waals surface area contributed by atoms with Crippen molar-refractivity contribution in [3.63, 3.8) is 0 Å². The van der Waals surface area contributed by atoms with Crippen molar-refractivity contribution >= 4 is 5.84 Å². The quantitative estimate of drug-likeness (QED) is 0.480. The number of aryl methyl sites for hydroxylation is 1. The normalized spacial score (nSPS) is 10.1. The van der Waals surface area contributed by atoms with E-state index < -0.39 is 0 Å². The van der Waals surface area contributed by atoms with Gasteiger partial charge in [0.1, 0.15) is 11.6 Å². The Morgan fingerprint density at radius 3 is 2.65 bits per heavy atom. The number of hydrogen-bond donors (Lipinski definition) is 2. The number of ether oxygens (including phenoxy) is 1. The van der Waals surface area contributed by atoms with Crippen molar-refractivity contribution < 1.29 is 4.74 Å². The first-order chi connectivity index (χ1) is 9.79. The van der Waals surface area contributed by atoms with Gasteiger partial charge in [-0.1, -0.05) is 42.5 Å². The highest BCUT2D eigenvalue weighted by Gasteiger charge is 2.02. The van der Waals surface area contributed by atoms with E-state index in [9.17, 15) is 0 Å². The fourth-order valence-corrected chi connectivity index (χ4v) is 2.03. The van der Waals surface area contributed by atoms with Gasteiger partial charge in [-0.15, -0.1) is 0 Å². The number of nitrogens with one attached hydrogen (secondary N) is 2. The summed E-state index contributed by atoms with van der Waals surface area (Å²) in [5.41, 5.74) is 2.19. The summed E-state index contributed by atoms with van der Waals surface area (Å²) in [6, 6.07) is 18.0. The van der Waals surface area contributed by atoms with Crippen LogP contribution < -0.4 is 10.1 Å². The second kappa shape index (κ2) is 7.34. The van der Waals surface area contributed by atoms with Gasteiger partial charge in [0.15, 0.2) is 0 Å². The standard InChI is InChI=1S/C17H20N2O/c1-20-16-11-5-10-15(13-16)17(18)19-12-6-9-14-7-3-2-4-8-14/h2-5,7-8,10-11,13H,6,9,12H2,1H3,(H2,18,19). The van der Waals surface area contributed by atoms with E-state index in [-0.39, 0.29) is 0 Å². The van der Waals surface area contributed by atoms with Gasteiger partial charge in [-0.2, -0.15) is 0 Å². The summed E-state index contributed by atoms with van der Waals surface area (Å²) < 4.78 is 5.16. The molecule has 0 radical (unpaired) electrons. The Morgan fingerprint density at radius 2 is 1.90 bits per heavy atom. The second-order valence-corrected chi connectivity index (χ2v) is 4.62. The third-order valence-electron chi connectivity index (χ3n) is 3.15. The predicted molar refractivity (Wildman–Crippen MR) is 82.6 cm³/mol. The number of amidine groups is 1. The molecule has 2 aromatic rings. The van der Waals surface area contributed by atoms with E-state index in [1.165, 1.54) is 5.56 Å². The third-order valence-corrected chi connectivity index (χ3v) is 3.15. The summed E-state index contributed by atoms with van der Waals surface area (Å²) in [7, 11) is 1.63. The zero-order valence-electron chi connectivity index (χ0n) is 11.7. The molecule has 0 fully saturated rings. The topological polar surface area (TPSA) is 45.1 Å². The lowest BCUT2D eigenvalue weighted by Crippen LogP contribution is -2.24. The Morgan fingerprint density at radius 1 is 1.10 bits per heavy atom. The van der Waals surface area contributed by atoms with Crippen LogP contribution in [0.2, 0.25) is 0 Å². The molecular formula is C17H20N2O. The summed E-state index contributed by atoms with van der Waals surface area (Å²) in [6.07, 6.45) is 2.04. The van der Waals surface area contributed by atoms with E-state index in [1.54, 1.807) is 7.11 Å². The summed E-state index contributed by atoms with van der Waals surface area (Å²) in [5, 5.41) is 11.2. The van der Waals surface area contributed by atoms with Crippen molar-refractivity contribution in [2.75, 3.05) is 13.7 Å². The van der Waals surface area contributed by atoms with E-state index in [0.717, 1.165) is 30.7 Å². The lowest BCUT2D eigenvalue weighted by atomic mass is 10.1. The lowest BCUT2D eigenvalue weighted by Gasteiger charge is -2.09. The predicted octanol–water partition coefficient (Wildman–Crippen LogP) is 3.24. The summed E-state index contributed by atoms with van der Waals surface area (Å²) in [4.78, 5) is 0. The van der Waals surface area contributed by atoms with Gasteiger partial charge in [0.2, 0.25) is 0 Å². The maximum atomic E-state index is 8.02. The van der Waals surface area contributed by atoms with Crippen molar-refractivity contribution in [2.24, 2.45) is 0 Å². The van der Waals surface area contributed by atoms with Crippen LogP contribution in [0.4, 0.5) is 0 Å². The molecule has 2 rings (SSSR count). The first kappa shape index (κ1) is 14.1. The maximum absolute atomic E-state index is 8.02. The van der Waals surface area contributed by atoms with Crippen LogP contribution in [0.5, 0.6) is 5.75 Å². The Bertz CT molecular complexity index is 552. The smallest absolute Gasteiger partial charge is 0.125 e. The molecule has 0 aromatic heterocycles. The zero-order chi connectivity index (χ0) is 14.2. The fourth-order valence-electron chi connectivity index (χ4n) is 2.03. The van der Waals surface area contributed by atoms with E-state index in [4.69, 9.17) is 10.1 Å². The van der Waals surface area contributed by atoms with Crippen molar-refractivity contribution in [1.29, 1.82) is 5.41 Å². The van der Waals surface area contributed by atoms with Gasteiger partial charge in [0.25, 0.3) is 0 Å². The molecule has 0 aliphatic rings. The summed E-state index contributed by atoms with van der Waals surface area (Å²) in [6.45, 7) is 0.797. The molecule has 3 nitrogen and oxygen atoms in total. The van der Waals surface area contributed by atoms with Crippen LogP contribution in [-0.2, 0) is 6.42 Å². The molecule has 0 spiro atoms. The Labute approximate surface area is 120 Å². The lowest BCUT2D eigenvalue weighted by molar-refractivity contribution is 0.414. The molecule has 2 aromatic carbocycles. The molecule has 3 heteroatoms. The number of hydrogen-bond acceptors (Lipinski definition) is 2. The third kappa shape index (κ3) is 4.12. The largest absolute Gasteiger partial charge is 0.497 e. The van der Waals surface area contributed by atoms with Gasteiger partial charge in [-0.3, -0.25) is 5.41 Å². The van der Waals surface area contributed by atoms with Gasteiger partial charge in [0.05, 0.1) is 7.11 Å². The first-order valence-electron chi connectivity index (χ1n) is 6.80. The highest BCUT2D eigenvalue weighted by molar-refractivity contribution is 5.96. The van der Waals surface area contributed by atoms with E-state index in [0.29, 0.717) is 5.84 Å². The van der Waals surface area contributed by atoms with Crippen LogP contribution in [0.25, 0.3) is 0 Å². The SMILES string of the molecule is COc1cccc(C(=N)NCCCc2ccccc2)c1.